The Morgan fingerprint density at radius 1 is 1.26 bits per heavy atom. The molecule has 1 atom stereocenters. The van der Waals surface area contributed by atoms with Gasteiger partial charge in [-0.25, -0.2) is 0 Å². The molecule has 0 amide bonds. The van der Waals surface area contributed by atoms with Gasteiger partial charge in [-0.15, -0.1) is 0 Å². The Bertz CT molecular complexity index is 836. The van der Waals surface area contributed by atoms with Crippen LogP contribution in [0.5, 0.6) is 0 Å². The number of nitrogens with one attached hydrogen (secondary N) is 2. The fraction of sp³-hybridized carbons (Fsp3) is 0.304. The van der Waals surface area contributed by atoms with Crippen molar-refractivity contribution in [3.63, 3.8) is 0 Å². The number of nitrogens with zero attached hydrogens (tertiary/aromatic N) is 1. The van der Waals surface area contributed by atoms with E-state index in [0.717, 1.165) is 41.5 Å². The summed E-state index contributed by atoms with van der Waals surface area (Å²) in [7, 11) is 0. The second kappa shape index (κ2) is 8.53. The van der Waals surface area contributed by atoms with Crippen molar-refractivity contribution in [1.29, 1.82) is 0 Å². The number of rotatable bonds is 7. The van der Waals surface area contributed by atoms with Crippen LogP contribution in [0.3, 0.4) is 0 Å². The van der Waals surface area contributed by atoms with Crippen LogP contribution in [0.4, 0.5) is 11.4 Å². The van der Waals surface area contributed by atoms with Crippen LogP contribution < -0.4 is 15.5 Å². The lowest BCUT2D eigenvalue weighted by Crippen LogP contribution is -2.22. The van der Waals surface area contributed by atoms with Gasteiger partial charge in [-0.2, -0.15) is 0 Å². The third-order valence-corrected chi connectivity index (χ3v) is 5.56. The average Bonchev–Trinajstić information content (AvgIpc) is 2.71. The van der Waals surface area contributed by atoms with E-state index in [1.54, 1.807) is 6.20 Å². The topological polar surface area (TPSA) is 27.3 Å². The summed E-state index contributed by atoms with van der Waals surface area (Å²) in [5.74, 6) is 0. The van der Waals surface area contributed by atoms with Gasteiger partial charge in [0.1, 0.15) is 0 Å². The molecule has 2 aromatic rings. The summed E-state index contributed by atoms with van der Waals surface area (Å²) in [5.41, 5.74) is 7.00. The summed E-state index contributed by atoms with van der Waals surface area (Å²) in [6.45, 7) is 13.2. The van der Waals surface area contributed by atoms with Crippen molar-refractivity contribution in [2.75, 3.05) is 29.9 Å². The van der Waals surface area contributed by atoms with Crippen LogP contribution in [0.2, 0.25) is 5.02 Å². The van der Waals surface area contributed by atoms with Crippen molar-refractivity contribution in [3.05, 3.63) is 76.5 Å². The van der Waals surface area contributed by atoms with Gasteiger partial charge in [-0.3, -0.25) is 0 Å². The van der Waals surface area contributed by atoms with E-state index in [-0.39, 0.29) is 6.04 Å². The maximum Gasteiger partial charge on any atom is 0.0766 e. The first-order valence-corrected chi connectivity index (χ1v) is 9.93. The fourth-order valence-corrected chi connectivity index (χ4v) is 4.04. The average molecular weight is 382 g/mol. The van der Waals surface area contributed by atoms with Crippen LogP contribution in [0, 0.1) is 6.92 Å². The van der Waals surface area contributed by atoms with Gasteiger partial charge in [0, 0.05) is 36.6 Å². The second-order valence-electron chi connectivity index (χ2n) is 6.71. The standard InChI is InChI=1S/C23H28ClN3/c1-5-25-23(17-10-12-18(13-11-17)27(6-2)7-3)20-15-21(24)19-9-8-14-26-22(19)16(20)4/h5,8-13,15,23,25-26H,1,6-7,14H2,2-4H3. The van der Waals surface area contributed by atoms with Crippen molar-refractivity contribution >= 4 is 29.1 Å². The van der Waals surface area contributed by atoms with Crippen molar-refractivity contribution in [1.82, 2.24) is 5.32 Å². The molecule has 0 spiro atoms. The van der Waals surface area contributed by atoms with E-state index in [1.165, 1.54) is 16.8 Å². The molecule has 0 aromatic heterocycles. The van der Waals surface area contributed by atoms with E-state index in [2.05, 4.69) is 85.4 Å². The molecule has 0 saturated carbocycles. The van der Waals surface area contributed by atoms with Gasteiger partial charge in [0.05, 0.1) is 11.1 Å². The molecule has 1 aliphatic heterocycles. The molecule has 0 fully saturated rings. The highest BCUT2D eigenvalue weighted by Gasteiger charge is 2.21. The van der Waals surface area contributed by atoms with Gasteiger partial charge in [-0.1, -0.05) is 42.5 Å². The molecule has 142 valence electrons. The predicted molar refractivity (Wildman–Crippen MR) is 119 cm³/mol. The molecule has 0 aliphatic carbocycles. The zero-order valence-corrected chi connectivity index (χ0v) is 17.1. The first-order chi connectivity index (χ1) is 13.1. The molecule has 0 saturated heterocycles. The van der Waals surface area contributed by atoms with Gasteiger partial charge >= 0.3 is 0 Å². The first-order valence-electron chi connectivity index (χ1n) is 9.55. The third-order valence-electron chi connectivity index (χ3n) is 5.25. The predicted octanol–water partition coefficient (Wildman–Crippen LogP) is 5.76. The number of fused-ring (bicyclic) bond motifs is 1. The molecule has 0 radical (unpaired) electrons. The molecule has 3 nitrogen and oxygen atoms in total. The van der Waals surface area contributed by atoms with E-state index in [1.807, 2.05) is 0 Å². The Morgan fingerprint density at radius 2 is 1.96 bits per heavy atom. The van der Waals surface area contributed by atoms with Gasteiger partial charge < -0.3 is 15.5 Å². The number of halogens is 1. The van der Waals surface area contributed by atoms with E-state index >= 15 is 0 Å². The van der Waals surface area contributed by atoms with Crippen LogP contribution in [0.25, 0.3) is 6.08 Å². The van der Waals surface area contributed by atoms with Crippen molar-refractivity contribution in [3.8, 4) is 0 Å². The fourth-order valence-electron chi connectivity index (χ4n) is 3.77. The molecule has 1 heterocycles. The van der Waals surface area contributed by atoms with E-state index < -0.39 is 0 Å². The second-order valence-corrected chi connectivity index (χ2v) is 7.12. The van der Waals surface area contributed by atoms with Crippen LogP contribution in [0.1, 0.15) is 42.1 Å². The Hall–Kier alpha value is -2.39. The van der Waals surface area contributed by atoms with Gasteiger partial charge in [0.2, 0.25) is 0 Å². The van der Waals surface area contributed by atoms with Gasteiger partial charge in [-0.05, 0) is 61.9 Å². The van der Waals surface area contributed by atoms with Crippen molar-refractivity contribution in [2.45, 2.75) is 26.8 Å². The zero-order valence-electron chi connectivity index (χ0n) is 16.3. The monoisotopic (exact) mass is 381 g/mol. The quantitative estimate of drug-likeness (QED) is 0.638. The lowest BCUT2D eigenvalue weighted by atomic mass is 9.91. The Labute approximate surface area is 167 Å². The molecule has 3 rings (SSSR count). The molecule has 2 N–H and O–H groups in total. The van der Waals surface area contributed by atoms with E-state index in [0.29, 0.717) is 0 Å². The smallest absolute Gasteiger partial charge is 0.0766 e. The maximum atomic E-state index is 6.60. The Morgan fingerprint density at radius 3 is 2.59 bits per heavy atom. The lowest BCUT2D eigenvalue weighted by molar-refractivity contribution is 0.725. The number of benzene rings is 2. The molecule has 1 unspecified atom stereocenters. The van der Waals surface area contributed by atoms with E-state index in [4.69, 9.17) is 11.6 Å². The highest BCUT2D eigenvalue weighted by molar-refractivity contribution is 6.32. The van der Waals surface area contributed by atoms with Crippen molar-refractivity contribution in [2.24, 2.45) is 0 Å². The number of anilines is 2. The summed E-state index contributed by atoms with van der Waals surface area (Å²) in [6, 6.07) is 10.8. The highest BCUT2D eigenvalue weighted by Crippen LogP contribution is 2.38. The molecule has 27 heavy (non-hydrogen) atoms. The molecule has 2 aromatic carbocycles. The normalized spacial score (nSPS) is 13.5. The van der Waals surface area contributed by atoms with E-state index in [9.17, 15) is 0 Å². The minimum Gasteiger partial charge on any atom is -0.381 e. The molecular weight excluding hydrogens is 354 g/mol. The first kappa shape index (κ1) is 19.4. The minimum absolute atomic E-state index is 0.00348. The molecular formula is C23H28ClN3. The largest absolute Gasteiger partial charge is 0.381 e. The highest BCUT2D eigenvalue weighted by atomic mass is 35.5. The Kier molecular flexibility index (Phi) is 6.12. The number of hydrogen-bond donors (Lipinski definition) is 2. The molecule has 0 bridgehead atoms. The number of hydrogen-bond acceptors (Lipinski definition) is 3. The van der Waals surface area contributed by atoms with Crippen molar-refractivity contribution < 1.29 is 0 Å². The molecule has 4 heteroatoms. The van der Waals surface area contributed by atoms with Crippen LogP contribution in [-0.2, 0) is 0 Å². The minimum atomic E-state index is 0.00348. The zero-order chi connectivity index (χ0) is 19.4. The van der Waals surface area contributed by atoms with Gasteiger partial charge in [0.25, 0.3) is 0 Å². The summed E-state index contributed by atoms with van der Waals surface area (Å²) < 4.78 is 0. The summed E-state index contributed by atoms with van der Waals surface area (Å²) in [5, 5.41) is 7.65. The Balaban J connectivity index is 2.03. The maximum absolute atomic E-state index is 6.60. The third kappa shape index (κ3) is 3.84. The SMILES string of the molecule is C=CNC(c1ccc(N(CC)CC)cc1)c1cc(Cl)c2c(c1C)NCC=C2. The summed E-state index contributed by atoms with van der Waals surface area (Å²) in [4.78, 5) is 2.34. The summed E-state index contributed by atoms with van der Waals surface area (Å²) >= 11 is 6.60. The van der Waals surface area contributed by atoms with Crippen LogP contribution in [-0.4, -0.2) is 19.6 Å². The van der Waals surface area contributed by atoms with Crippen LogP contribution >= 0.6 is 11.6 Å². The molecule has 1 aliphatic rings. The van der Waals surface area contributed by atoms with Crippen LogP contribution in [0.15, 0.2) is 49.2 Å². The summed E-state index contributed by atoms with van der Waals surface area (Å²) in [6.07, 6.45) is 5.95. The van der Waals surface area contributed by atoms with Gasteiger partial charge in [0.15, 0.2) is 0 Å². The lowest BCUT2D eigenvalue weighted by Gasteiger charge is -2.26.